The highest BCUT2D eigenvalue weighted by Gasteiger charge is 2.48. The van der Waals surface area contributed by atoms with E-state index in [1.165, 1.54) is 77.0 Å². The average molecular weight is 685 g/mol. The molecule has 0 radical (unpaired) electrons. The Morgan fingerprint density at radius 3 is 1.74 bits per heavy atom. The van der Waals surface area contributed by atoms with Crippen molar-refractivity contribution in [3.63, 3.8) is 0 Å². The van der Waals surface area contributed by atoms with Crippen LogP contribution in [0.3, 0.4) is 0 Å². The van der Waals surface area contributed by atoms with E-state index in [1.807, 2.05) is 0 Å². The van der Waals surface area contributed by atoms with Crippen LogP contribution in [0.4, 0.5) is 0 Å². The Kier molecular flexibility index (Phi) is 25.3. The summed E-state index contributed by atoms with van der Waals surface area (Å²) in [6, 6.07) is 0. The molecule has 12 nitrogen and oxygen atoms in total. The Labute approximate surface area is 277 Å². The molecule has 0 aromatic rings. The summed E-state index contributed by atoms with van der Waals surface area (Å²) in [5.74, 6) is -0.401. The Morgan fingerprint density at radius 2 is 1.24 bits per heavy atom. The molecule has 13 heteroatoms. The zero-order valence-corrected chi connectivity index (χ0v) is 29.2. The second kappa shape index (κ2) is 27.0. The summed E-state index contributed by atoms with van der Waals surface area (Å²) in [5.41, 5.74) is 0. The van der Waals surface area contributed by atoms with Gasteiger partial charge in [-0.25, -0.2) is 4.18 Å². The molecule has 0 aromatic carbocycles. The summed E-state index contributed by atoms with van der Waals surface area (Å²) in [5, 5.41) is 30.4. The summed E-state index contributed by atoms with van der Waals surface area (Å²) in [6.07, 6.45) is 13.1. The molecule has 0 bridgehead atoms. The minimum atomic E-state index is -5.04. The first kappa shape index (κ1) is 43.1. The molecule has 0 amide bonds. The second-order valence-corrected chi connectivity index (χ2v) is 13.5. The highest BCUT2D eigenvalue weighted by Crippen LogP contribution is 2.26. The summed E-state index contributed by atoms with van der Waals surface area (Å²) in [6.45, 7) is 3.92. The summed E-state index contributed by atoms with van der Waals surface area (Å²) in [7, 11) is -5.04. The van der Waals surface area contributed by atoms with Gasteiger partial charge in [0.2, 0.25) is 0 Å². The molecule has 1 rings (SSSR count). The minimum absolute atomic E-state index is 0.0415. The molecule has 1 fully saturated rings. The predicted molar refractivity (Wildman–Crippen MR) is 175 cm³/mol. The van der Waals surface area contributed by atoms with Crippen molar-refractivity contribution in [1.82, 2.24) is 0 Å². The van der Waals surface area contributed by atoms with Crippen molar-refractivity contribution >= 4 is 16.4 Å². The first-order valence-corrected chi connectivity index (χ1v) is 19.2. The monoisotopic (exact) mass is 684 g/mol. The van der Waals surface area contributed by atoms with Gasteiger partial charge in [0.15, 0.2) is 6.29 Å². The number of hydrogen-bond acceptors (Lipinski definition) is 11. The number of hydrogen-bond donors (Lipinski definition) is 4. The van der Waals surface area contributed by atoms with E-state index in [9.17, 15) is 28.5 Å². The fourth-order valence-corrected chi connectivity index (χ4v) is 6.00. The lowest BCUT2D eigenvalue weighted by molar-refractivity contribution is -0.301. The van der Waals surface area contributed by atoms with Gasteiger partial charge >= 0.3 is 16.4 Å². The van der Waals surface area contributed by atoms with Crippen LogP contribution < -0.4 is 0 Å². The molecule has 0 spiro atoms. The number of unbranched alkanes of at least 4 members (excludes halogenated alkanes) is 17. The van der Waals surface area contributed by atoms with E-state index in [0.29, 0.717) is 13.0 Å². The zero-order chi connectivity index (χ0) is 34.0. The fraction of sp³-hybridized carbons (Fsp3) is 0.970. The Balaban J connectivity index is 2.53. The van der Waals surface area contributed by atoms with Crippen LogP contribution in [0.15, 0.2) is 0 Å². The standard InChI is InChI=1S/C33H64O12S/c1-3-5-7-9-11-12-13-14-15-16-18-20-22-29(35)43-27(25-41-23-21-19-17-10-8-6-4-2)26-42-33-31(37)32(45-46(38,39)40)30(36)28(24-34)44-33/h27-28,30-34,36-37H,3-26H2,1-2H3,(H,38,39,40). The number of carbonyl (C=O) groups is 1. The molecule has 0 aromatic heterocycles. The van der Waals surface area contributed by atoms with E-state index in [0.717, 1.165) is 38.5 Å². The smallest absolute Gasteiger partial charge is 0.397 e. The van der Waals surface area contributed by atoms with E-state index in [1.54, 1.807) is 0 Å². The average Bonchev–Trinajstić information content (AvgIpc) is 3.01. The molecule has 6 unspecified atom stereocenters. The summed E-state index contributed by atoms with van der Waals surface area (Å²) < 4.78 is 58.5. The third-order valence-electron chi connectivity index (χ3n) is 8.23. The molecule has 0 aliphatic carbocycles. The number of rotatable bonds is 30. The van der Waals surface area contributed by atoms with Gasteiger partial charge in [0.1, 0.15) is 30.5 Å². The van der Waals surface area contributed by atoms with Gasteiger partial charge < -0.3 is 34.3 Å². The van der Waals surface area contributed by atoms with E-state index >= 15 is 0 Å². The maximum absolute atomic E-state index is 12.7. The highest BCUT2D eigenvalue weighted by atomic mass is 32.3. The number of esters is 1. The van der Waals surface area contributed by atoms with Crippen LogP contribution >= 0.6 is 0 Å². The van der Waals surface area contributed by atoms with Crippen molar-refractivity contribution in [3.05, 3.63) is 0 Å². The number of aliphatic hydroxyl groups excluding tert-OH is 3. The van der Waals surface area contributed by atoms with Crippen molar-refractivity contribution in [3.8, 4) is 0 Å². The van der Waals surface area contributed by atoms with Crippen LogP contribution in [0, 0.1) is 0 Å². The van der Waals surface area contributed by atoms with Gasteiger partial charge in [-0.05, 0) is 12.8 Å². The fourth-order valence-electron chi connectivity index (χ4n) is 5.49. The van der Waals surface area contributed by atoms with Crippen molar-refractivity contribution < 1.29 is 56.2 Å². The van der Waals surface area contributed by atoms with Crippen LogP contribution in [0.25, 0.3) is 0 Å². The van der Waals surface area contributed by atoms with E-state index < -0.39 is 59.8 Å². The molecule has 274 valence electrons. The lowest BCUT2D eigenvalue weighted by Crippen LogP contribution is -2.60. The Bertz CT molecular complexity index is 842. The van der Waals surface area contributed by atoms with Gasteiger partial charge in [0, 0.05) is 13.0 Å². The van der Waals surface area contributed by atoms with Crippen LogP contribution in [-0.4, -0.2) is 97.5 Å². The van der Waals surface area contributed by atoms with E-state index in [-0.39, 0.29) is 19.6 Å². The molecule has 0 saturated carbocycles. The molecular weight excluding hydrogens is 620 g/mol. The molecule has 1 aliphatic rings. The Morgan fingerprint density at radius 1 is 0.739 bits per heavy atom. The molecule has 6 atom stereocenters. The van der Waals surface area contributed by atoms with Crippen molar-refractivity contribution in [2.75, 3.05) is 26.4 Å². The lowest BCUT2D eigenvalue weighted by atomic mass is 9.99. The van der Waals surface area contributed by atoms with Crippen LogP contribution in [0.2, 0.25) is 0 Å². The SMILES string of the molecule is CCCCCCCCCCCCCCC(=O)OC(COCCCCCCCCC)COC1OC(CO)C(O)C(OS(=O)(=O)O)C1O. The van der Waals surface area contributed by atoms with Gasteiger partial charge in [0.05, 0.1) is 19.8 Å². The minimum Gasteiger partial charge on any atom is -0.457 e. The summed E-state index contributed by atoms with van der Waals surface area (Å²) >= 11 is 0. The maximum atomic E-state index is 12.7. The zero-order valence-electron chi connectivity index (χ0n) is 28.4. The predicted octanol–water partition coefficient (Wildman–Crippen LogP) is 5.40. The third kappa shape index (κ3) is 21.1. The van der Waals surface area contributed by atoms with Gasteiger partial charge in [-0.3, -0.25) is 9.35 Å². The number of aliphatic hydroxyl groups is 3. The third-order valence-corrected chi connectivity index (χ3v) is 8.69. The van der Waals surface area contributed by atoms with Crippen LogP contribution in [-0.2, 0) is 38.3 Å². The van der Waals surface area contributed by atoms with Gasteiger partial charge in [-0.1, -0.05) is 123 Å². The van der Waals surface area contributed by atoms with Crippen molar-refractivity contribution in [2.45, 2.75) is 179 Å². The molecule has 1 saturated heterocycles. The van der Waals surface area contributed by atoms with Crippen molar-refractivity contribution in [2.24, 2.45) is 0 Å². The van der Waals surface area contributed by atoms with Gasteiger partial charge in [-0.15, -0.1) is 0 Å². The van der Waals surface area contributed by atoms with Gasteiger partial charge in [-0.2, -0.15) is 8.42 Å². The molecular formula is C33H64O12S. The normalized spacial score (nSPS) is 22.6. The van der Waals surface area contributed by atoms with E-state index in [4.69, 9.17) is 23.5 Å². The topological polar surface area (TPSA) is 178 Å². The Hall–Kier alpha value is -0.900. The molecule has 1 aliphatic heterocycles. The first-order valence-electron chi connectivity index (χ1n) is 17.8. The number of ether oxygens (including phenoxy) is 4. The van der Waals surface area contributed by atoms with E-state index in [2.05, 4.69) is 18.0 Å². The molecule has 4 N–H and O–H groups in total. The maximum Gasteiger partial charge on any atom is 0.397 e. The molecule has 1 heterocycles. The number of carbonyl (C=O) groups excluding carboxylic acids is 1. The first-order chi connectivity index (χ1) is 22.1. The van der Waals surface area contributed by atoms with Crippen LogP contribution in [0.1, 0.15) is 142 Å². The summed E-state index contributed by atoms with van der Waals surface area (Å²) in [4.78, 5) is 12.7. The quantitative estimate of drug-likeness (QED) is 0.0431. The molecule has 46 heavy (non-hydrogen) atoms. The van der Waals surface area contributed by atoms with Gasteiger partial charge in [0.25, 0.3) is 0 Å². The van der Waals surface area contributed by atoms with Crippen molar-refractivity contribution in [1.29, 1.82) is 0 Å². The lowest BCUT2D eigenvalue weighted by Gasteiger charge is -2.41. The largest absolute Gasteiger partial charge is 0.457 e. The highest BCUT2D eigenvalue weighted by molar-refractivity contribution is 7.80. The van der Waals surface area contributed by atoms with Crippen LogP contribution in [0.5, 0.6) is 0 Å². The second-order valence-electron chi connectivity index (χ2n) is 12.5.